The number of anilines is 1. The van der Waals surface area contributed by atoms with Crippen LogP contribution in [0.4, 0.5) is 5.00 Å². The zero-order valence-electron chi connectivity index (χ0n) is 14.1. The van der Waals surface area contributed by atoms with Gasteiger partial charge in [-0.2, -0.15) is 0 Å². The number of ether oxygens (including phenoxy) is 1. The van der Waals surface area contributed by atoms with Crippen LogP contribution >= 0.6 is 23.6 Å². The summed E-state index contributed by atoms with van der Waals surface area (Å²) in [5.41, 5.74) is 2.89. The van der Waals surface area contributed by atoms with Crippen LogP contribution in [0.5, 0.6) is 0 Å². The van der Waals surface area contributed by atoms with Crippen molar-refractivity contribution in [3.63, 3.8) is 0 Å². The molecule has 0 saturated carbocycles. The van der Waals surface area contributed by atoms with Gasteiger partial charge in [-0.3, -0.25) is 4.98 Å². The van der Waals surface area contributed by atoms with Crippen molar-refractivity contribution in [1.82, 2.24) is 10.3 Å². The minimum Gasteiger partial charge on any atom is -0.462 e. The van der Waals surface area contributed by atoms with E-state index in [0.717, 1.165) is 35.4 Å². The number of thiocarbonyl (C=S) groups is 1. The third-order valence-corrected chi connectivity index (χ3v) is 5.53. The molecule has 2 N–H and O–H groups in total. The van der Waals surface area contributed by atoms with Crippen LogP contribution in [0.3, 0.4) is 0 Å². The van der Waals surface area contributed by atoms with Crippen molar-refractivity contribution < 1.29 is 9.53 Å². The third kappa shape index (κ3) is 4.35. The van der Waals surface area contributed by atoms with Gasteiger partial charge >= 0.3 is 5.97 Å². The van der Waals surface area contributed by atoms with E-state index in [2.05, 4.69) is 15.6 Å². The van der Waals surface area contributed by atoms with Crippen LogP contribution in [-0.4, -0.2) is 22.7 Å². The summed E-state index contributed by atoms with van der Waals surface area (Å²) in [5.74, 6) is -0.263. The van der Waals surface area contributed by atoms with Gasteiger partial charge in [-0.1, -0.05) is 0 Å². The Hall–Kier alpha value is -1.99. The number of thiophene rings is 1. The summed E-state index contributed by atoms with van der Waals surface area (Å²) in [5, 5.41) is 7.66. The zero-order valence-corrected chi connectivity index (χ0v) is 15.8. The Kier molecular flexibility index (Phi) is 5.99. The number of fused-ring (bicyclic) bond motifs is 1. The molecule has 7 heteroatoms. The molecule has 2 heterocycles. The Bertz CT molecular complexity index is 759. The first kappa shape index (κ1) is 17.8. The molecule has 1 aliphatic rings. The van der Waals surface area contributed by atoms with Gasteiger partial charge in [0.15, 0.2) is 5.11 Å². The molecule has 0 atom stereocenters. The van der Waals surface area contributed by atoms with E-state index in [4.69, 9.17) is 17.0 Å². The van der Waals surface area contributed by atoms with E-state index in [1.807, 2.05) is 19.1 Å². The van der Waals surface area contributed by atoms with Gasteiger partial charge in [0.05, 0.1) is 12.2 Å². The molecule has 0 aromatic carbocycles. The number of rotatable bonds is 5. The number of aryl methyl sites for hydroxylation is 1. The third-order valence-electron chi connectivity index (χ3n) is 4.08. The lowest BCUT2D eigenvalue weighted by atomic mass is 9.95. The highest BCUT2D eigenvalue weighted by molar-refractivity contribution is 7.80. The maximum atomic E-state index is 12.4. The highest BCUT2D eigenvalue weighted by Gasteiger charge is 2.26. The van der Waals surface area contributed by atoms with E-state index < -0.39 is 0 Å². The monoisotopic (exact) mass is 375 g/mol. The van der Waals surface area contributed by atoms with Gasteiger partial charge in [0, 0.05) is 23.8 Å². The molecular weight excluding hydrogens is 354 g/mol. The van der Waals surface area contributed by atoms with Crippen LogP contribution in [0.1, 0.15) is 46.1 Å². The summed E-state index contributed by atoms with van der Waals surface area (Å²) < 4.78 is 5.26. The molecule has 0 saturated heterocycles. The molecule has 0 spiro atoms. The maximum absolute atomic E-state index is 12.4. The molecular formula is C18H21N3O2S2. The van der Waals surface area contributed by atoms with Crippen molar-refractivity contribution in [2.75, 3.05) is 11.9 Å². The minimum atomic E-state index is -0.263. The predicted molar refractivity (Wildman–Crippen MR) is 104 cm³/mol. The van der Waals surface area contributed by atoms with Crippen LogP contribution in [0.25, 0.3) is 0 Å². The molecule has 0 fully saturated rings. The fourth-order valence-electron chi connectivity index (χ4n) is 2.90. The number of nitrogens with one attached hydrogen (secondary N) is 2. The van der Waals surface area contributed by atoms with E-state index in [0.29, 0.717) is 23.8 Å². The van der Waals surface area contributed by atoms with Gasteiger partial charge in [0.1, 0.15) is 5.00 Å². The van der Waals surface area contributed by atoms with Gasteiger partial charge in [0.2, 0.25) is 0 Å². The molecule has 25 heavy (non-hydrogen) atoms. The van der Waals surface area contributed by atoms with Gasteiger partial charge in [0.25, 0.3) is 0 Å². The Balaban J connectivity index is 1.73. The smallest absolute Gasteiger partial charge is 0.341 e. The summed E-state index contributed by atoms with van der Waals surface area (Å²) in [4.78, 5) is 17.7. The molecule has 0 aliphatic heterocycles. The Labute approximate surface area is 156 Å². The van der Waals surface area contributed by atoms with Crippen LogP contribution in [-0.2, 0) is 24.1 Å². The molecule has 0 bridgehead atoms. The number of hydrogen-bond acceptors (Lipinski definition) is 5. The van der Waals surface area contributed by atoms with Crippen LogP contribution in [0.15, 0.2) is 24.5 Å². The maximum Gasteiger partial charge on any atom is 0.341 e. The van der Waals surface area contributed by atoms with Gasteiger partial charge < -0.3 is 15.4 Å². The molecule has 5 nitrogen and oxygen atoms in total. The predicted octanol–water partition coefficient (Wildman–Crippen LogP) is 3.69. The molecule has 132 valence electrons. The van der Waals surface area contributed by atoms with Gasteiger partial charge in [-0.05, 0) is 68.1 Å². The summed E-state index contributed by atoms with van der Waals surface area (Å²) in [6, 6.07) is 3.87. The lowest BCUT2D eigenvalue weighted by Crippen LogP contribution is -2.28. The average Bonchev–Trinajstić information content (AvgIpc) is 2.99. The summed E-state index contributed by atoms with van der Waals surface area (Å²) in [7, 11) is 0. The molecule has 3 rings (SSSR count). The van der Waals surface area contributed by atoms with E-state index in [-0.39, 0.29) is 5.97 Å². The number of hydrogen-bond donors (Lipinski definition) is 2. The Morgan fingerprint density at radius 2 is 2.08 bits per heavy atom. The fourth-order valence-corrected chi connectivity index (χ4v) is 4.42. The fraction of sp³-hybridized carbons (Fsp3) is 0.389. The first-order valence-electron chi connectivity index (χ1n) is 8.44. The summed E-state index contributed by atoms with van der Waals surface area (Å²) >= 11 is 7.02. The number of pyridine rings is 1. The number of esters is 1. The first-order valence-corrected chi connectivity index (χ1v) is 9.67. The van der Waals surface area contributed by atoms with Crippen molar-refractivity contribution >= 4 is 39.6 Å². The molecule has 0 amide bonds. The highest BCUT2D eigenvalue weighted by Crippen LogP contribution is 2.38. The quantitative estimate of drug-likeness (QED) is 0.614. The van der Waals surface area contributed by atoms with Crippen LogP contribution in [0.2, 0.25) is 0 Å². The largest absolute Gasteiger partial charge is 0.462 e. The normalized spacial score (nSPS) is 13.0. The number of carbonyl (C=O) groups is 1. The first-order chi connectivity index (χ1) is 12.2. The lowest BCUT2D eigenvalue weighted by Gasteiger charge is -2.13. The van der Waals surface area contributed by atoms with Crippen molar-refractivity contribution in [2.24, 2.45) is 0 Å². The zero-order chi connectivity index (χ0) is 17.6. The Morgan fingerprint density at radius 3 is 2.84 bits per heavy atom. The molecule has 2 aromatic rings. The average molecular weight is 376 g/mol. The van der Waals surface area contributed by atoms with E-state index in [1.165, 1.54) is 11.3 Å². The topological polar surface area (TPSA) is 63.2 Å². The summed E-state index contributed by atoms with van der Waals surface area (Å²) in [6.07, 6.45) is 7.73. The molecule has 0 radical (unpaired) electrons. The van der Waals surface area contributed by atoms with Gasteiger partial charge in [-0.25, -0.2) is 4.79 Å². The van der Waals surface area contributed by atoms with Crippen LogP contribution in [0, 0.1) is 0 Å². The number of aromatic nitrogens is 1. The standard InChI is InChI=1S/C18H21N3O2S2/c1-2-23-17(22)15-13-5-3-4-6-14(13)25-16(15)21-18(24)20-11-12-7-9-19-10-8-12/h7-10H,2-6,11H2,1H3,(H2,20,21,24). The van der Waals surface area contributed by atoms with Gasteiger partial charge in [-0.15, -0.1) is 11.3 Å². The summed E-state index contributed by atoms with van der Waals surface area (Å²) in [6.45, 7) is 2.80. The molecule has 2 aromatic heterocycles. The second kappa shape index (κ2) is 8.40. The molecule has 1 aliphatic carbocycles. The second-order valence-corrected chi connectivity index (χ2v) is 7.31. The van der Waals surface area contributed by atoms with Crippen molar-refractivity contribution in [3.05, 3.63) is 46.1 Å². The lowest BCUT2D eigenvalue weighted by molar-refractivity contribution is 0.0526. The van der Waals surface area contributed by atoms with E-state index >= 15 is 0 Å². The van der Waals surface area contributed by atoms with E-state index in [1.54, 1.807) is 23.7 Å². The van der Waals surface area contributed by atoms with E-state index in [9.17, 15) is 4.79 Å². The van der Waals surface area contributed by atoms with Crippen LogP contribution < -0.4 is 10.6 Å². The van der Waals surface area contributed by atoms with Crippen molar-refractivity contribution in [1.29, 1.82) is 0 Å². The number of carbonyl (C=O) groups excluding carboxylic acids is 1. The Morgan fingerprint density at radius 1 is 1.32 bits per heavy atom. The highest BCUT2D eigenvalue weighted by atomic mass is 32.1. The minimum absolute atomic E-state index is 0.263. The SMILES string of the molecule is CCOC(=O)c1c(NC(=S)NCc2ccncc2)sc2c1CCCC2. The second-order valence-electron chi connectivity index (χ2n) is 5.80. The van der Waals surface area contributed by atoms with Crippen molar-refractivity contribution in [3.8, 4) is 0 Å². The molecule has 0 unspecified atom stereocenters. The number of nitrogens with zero attached hydrogens (tertiary/aromatic N) is 1. The van der Waals surface area contributed by atoms with Crippen molar-refractivity contribution in [2.45, 2.75) is 39.2 Å².